The molecule has 1 aromatic rings. The van der Waals surface area contributed by atoms with Gasteiger partial charge in [0, 0.05) is 0 Å². The minimum absolute atomic E-state index is 0.289. The van der Waals surface area contributed by atoms with Gasteiger partial charge in [-0.2, -0.15) is 0 Å². The number of phenolic OH excluding ortho intramolecular Hbond substituents is 2. The Labute approximate surface area is 49.8 Å². The molecule has 42 valence electrons. The summed E-state index contributed by atoms with van der Waals surface area (Å²) in [7, 11) is 0. The lowest BCUT2D eigenvalue weighted by molar-refractivity contribution is 0.460. The Morgan fingerprint density at radius 2 is 1.50 bits per heavy atom. The summed E-state index contributed by atoms with van der Waals surface area (Å²) in [6, 6.07) is 1.66. The van der Waals surface area contributed by atoms with Crippen LogP contribution in [0.4, 0.5) is 0 Å². The molecule has 0 aromatic heterocycles. The Hall–Kier alpha value is -1.18. The number of rotatable bonds is 0. The fraction of sp³-hybridized carbons (Fsp3) is 0. The van der Waals surface area contributed by atoms with Crippen LogP contribution < -0.4 is 0 Å². The molecule has 0 heterocycles. The molecular formula is C6H6O2. The monoisotopic (exact) mass is 112 g/mol. The minimum atomic E-state index is -0.347. The molecule has 1 aromatic carbocycles. The van der Waals surface area contributed by atoms with Gasteiger partial charge in [0.1, 0.15) is 11.5 Å². The summed E-state index contributed by atoms with van der Waals surface area (Å²) < 4.78 is 14.0. The summed E-state index contributed by atoms with van der Waals surface area (Å²) in [5.74, 6) is -0.578. The highest BCUT2D eigenvalue weighted by atomic mass is 16.3. The number of hydrogen-bond acceptors (Lipinski definition) is 2. The van der Waals surface area contributed by atoms with E-state index in [0.717, 1.165) is 0 Å². The summed E-state index contributed by atoms with van der Waals surface area (Å²) >= 11 is 0. The fourth-order valence-electron chi connectivity index (χ4n) is 0.369. The molecule has 0 bridgehead atoms. The number of phenols is 2. The Kier molecular flexibility index (Phi) is 0.645. The number of benzene rings is 1. The largest absolute Gasteiger partial charge is 0.508 e. The van der Waals surface area contributed by atoms with E-state index >= 15 is 0 Å². The van der Waals surface area contributed by atoms with Crippen molar-refractivity contribution in [3.63, 3.8) is 0 Å². The van der Waals surface area contributed by atoms with Crippen molar-refractivity contribution in [2.24, 2.45) is 0 Å². The molecule has 0 aliphatic heterocycles. The van der Waals surface area contributed by atoms with Gasteiger partial charge in [-0.15, -0.1) is 0 Å². The molecule has 0 spiro atoms. The van der Waals surface area contributed by atoms with Crippen LogP contribution in [-0.4, -0.2) is 10.2 Å². The molecule has 1 rings (SSSR count). The Morgan fingerprint density at radius 1 is 1.12 bits per heavy atom. The average molecular weight is 112 g/mol. The molecule has 0 unspecified atom stereocenters. The highest BCUT2D eigenvalue weighted by Gasteiger charge is 1.84. The van der Waals surface area contributed by atoms with Gasteiger partial charge in [-0.1, -0.05) is 0 Å². The van der Waals surface area contributed by atoms with E-state index in [1.54, 1.807) is 0 Å². The fourth-order valence-corrected chi connectivity index (χ4v) is 0.369. The second kappa shape index (κ2) is 1.74. The van der Waals surface area contributed by atoms with Gasteiger partial charge in [-0.25, -0.2) is 0 Å². The topological polar surface area (TPSA) is 40.5 Å². The van der Waals surface area contributed by atoms with Crippen molar-refractivity contribution in [3.8, 4) is 11.5 Å². The molecule has 2 heteroatoms. The summed E-state index contributed by atoms with van der Waals surface area (Å²) in [6.07, 6.45) is 0. The van der Waals surface area contributed by atoms with Crippen LogP contribution >= 0.6 is 0 Å². The smallest absolute Gasteiger partial charge is 0.115 e. The van der Waals surface area contributed by atoms with Crippen molar-refractivity contribution in [1.82, 2.24) is 0 Å². The van der Waals surface area contributed by atoms with Gasteiger partial charge in [0.25, 0.3) is 0 Å². The highest BCUT2D eigenvalue weighted by Crippen LogP contribution is 2.13. The second-order valence-electron chi connectivity index (χ2n) is 1.35. The normalized spacial score (nSPS) is 12.5. The van der Waals surface area contributed by atoms with Crippen molar-refractivity contribution in [2.75, 3.05) is 0 Å². The first-order valence-electron chi connectivity index (χ1n) is 3.11. The molecule has 0 amide bonds. The highest BCUT2D eigenvalue weighted by molar-refractivity contribution is 5.28. The van der Waals surface area contributed by atoms with Crippen LogP contribution in [0, 0.1) is 0 Å². The van der Waals surface area contributed by atoms with Crippen molar-refractivity contribution < 1.29 is 13.0 Å². The van der Waals surface area contributed by atoms with E-state index in [2.05, 4.69) is 0 Å². The van der Waals surface area contributed by atoms with Crippen molar-refractivity contribution >= 4 is 0 Å². The van der Waals surface area contributed by atoms with Crippen LogP contribution in [0.5, 0.6) is 11.5 Å². The SMILES string of the molecule is [2H]c1c(O)ccc(O)c1[2H]. The Balaban J connectivity index is 3.34. The van der Waals surface area contributed by atoms with Crippen molar-refractivity contribution in [1.29, 1.82) is 0 Å². The lowest BCUT2D eigenvalue weighted by atomic mass is 10.3. The van der Waals surface area contributed by atoms with Crippen LogP contribution in [-0.2, 0) is 0 Å². The van der Waals surface area contributed by atoms with Crippen LogP contribution in [0.1, 0.15) is 2.74 Å². The second-order valence-corrected chi connectivity index (χ2v) is 1.35. The van der Waals surface area contributed by atoms with Gasteiger partial charge in [-0.05, 0) is 24.2 Å². The van der Waals surface area contributed by atoms with Crippen LogP contribution in [0.25, 0.3) is 0 Å². The summed E-state index contributed by atoms with van der Waals surface area (Å²) in [5, 5.41) is 17.6. The Bertz CT molecular complexity index is 233. The van der Waals surface area contributed by atoms with E-state index < -0.39 is 0 Å². The zero-order chi connectivity index (χ0) is 7.72. The van der Waals surface area contributed by atoms with Gasteiger partial charge in [-0.3, -0.25) is 0 Å². The van der Waals surface area contributed by atoms with E-state index in [4.69, 9.17) is 13.0 Å². The summed E-state index contributed by atoms with van der Waals surface area (Å²) in [4.78, 5) is 0. The average Bonchev–Trinajstić information content (AvgIpc) is 1.93. The van der Waals surface area contributed by atoms with Crippen LogP contribution in [0.2, 0.25) is 0 Å². The van der Waals surface area contributed by atoms with Gasteiger partial charge in [0.05, 0.1) is 2.74 Å². The molecule has 0 atom stereocenters. The summed E-state index contributed by atoms with van der Waals surface area (Å²) in [5.41, 5.74) is 0. The maximum Gasteiger partial charge on any atom is 0.115 e. The van der Waals surface area contributed by atoms with E-state index in [1.807, 2.05) is 0 Å². The zero-order valence-corrected chi connectivity index (χ0v) is 4.05. The molecule has 8 heavy (non-hydrogen) atoms. The van der Waals surface area contributed by atoms with Gasteiger partial charge in [0.2, 0.25) is 0 Å². The molecule has 2 nitrogen and oxygen atoms in total. The van der Waals surface area contributed by atoms with Crippen molar-refractivity contribution in [3.05, 3.63) is 24.2 Å². The molecular weight excluding hydrogens is 104 g/mol. The zero-order valence-electron chi connectivity index (χ0n) is 6.05. The van der Waals surface area contributed by atoms with E-state index in [9.17, 15) is 0 Å². The Morgan fingerprint density at radius 3 is 1.88 bits per heavy atom. The standard InChI is InChI=1S/C6H6O2/c7-5-1-2-6(8)4-3-5/h1-4,7-8H/i1D,2D. The first-order chi connectivity index (χ1) is 4.63. The van der Waals surface area contributed by atoms with Crippen molar-refractivity contribution in [2.45, 2.75) is 0 Å². The van der Waals surface area contributed by atoms with Crippen LogP contribution in [0.3, 0.4) is 0 Å². The predicted molar refractivity (Wildman–Crippen MR) is 29.8 cm³/mol. The first-order valence-corrected chi connectivity index (χ1v) is 2.11. The minimum Gasteiger partial charge on any atom is -0.508 e. The molecule has 0 saturated heterocycles. The van der Waals surface area contributed by atoms with Gasteiger partial charge >= 0.3 is 0 Å². The third-order valence-corrected chi connectivity index (χ3v) is 0.718. The van der Waals surface area contributed by atoms with E-state index in [-0.39, 0.29) is 23.6 Å². The van der Waals surface area contributed by atoms with Gasteiger partial charge in [0.15, 0.2) is 0 Å². The van der Waals surface area contributed by atoms with E-state index in [0.29, 0.717) is 0 Å². The molecule has 0 aliphatic rings. The number of hydrogen-bond donors (Lipinski definition) is 2. The predicted octanol–water partition coefficient (Wildman–Crippen LogP) is 1.10. The quantitative estimate of drug-likeness (QED) is 0.493. The van der Waals surface area contributed by atoms with E-state index in [1.165, 1.54) is 12.1 Å². The number of aromatic hydroxyl groups is 2. The molecule has 2 N–H and O–H groups in total. The maximum absolute atomic E-state index is 8.81. The van der Waals surface area contributed by atoms with Crippen LogP contribution in [0.15, 0.2) is 24.2 Å². The third-order valence-electron chi connectivity index (χ3n) is 0.718. The molecule has 0 saturated carbocycles. The molecule has 0 fully saturated rings. The molecule has 0 aliphatic carbocycles. The lowest BCUT2D eigenvalue weighted by Gasteiger charge is -1.88. The summed E-state index contributed by atoms with van der Waals surface area (Å²) in [6.45, 7) is 0. The molecule has 0 radical (unpaired) electrons. The third kappa shape index (κ3) is 0.904. The maximum atomic E-state index is 8.81. The lowest BCUT2D eigenvalue weighted by Crippen LogP contribution is -1.61. The van der Waals surface area contributed by atoms with Gasteiger partial charge < -0.3 is 10.2 Å². The first kappa shape index (κ1) is 2.97.